The van der Waals surface area contributed by atoms with E-state index < -0.39 is 0 Å². The van der Waals surface area contributed by atoms with Crippen molar-refractivity contribution in [1.29, 1.82) is 0 Å². The minimum atomic E-state index is 0.761. The summed E-state index contributed by atoms with van der Waals surface area (Å²) in [5.41, 5.74) is 8.65. The minimum absolute atomic E-state index is 0.761. The van der Waals surface area contributed by atoms with E-state index in [0.717, 1.165) is 42.6 Å². The van der Waals surface area contributed by atoms with Crippen molar-refractivity contribution in [3.8, 4) is 0 Å². The van der Waals surface area contributed by atoms with Crippen LogP contribution in [0.3, 0.4) is 0 Å². The van der Waals surface area contributed by atoms with Gasteiger partial charge in [-0.05, 0) is 85.8 Å². The lowest BCUT2D eigenvalue weighted by molar-refractivity contribution is -0.00278. The number of hydrogen-bond acceptors (Lipinski definition) is 1. The highest BCUT2D eigenvalue weighted by Crippen LogP contribution is 2.59. The van der Waals surface area contributed by atoms with Gasteiger partial charge in [0, 0.05) is 0 Å². The van der Waals surface area contributed by atoms with Crippen molar-refractivity contribution in [2.24, 2.45) is 29.4 Å². The number of benzene rings is 1. The van der Waals surface area contributed by atoms with Gasteiger partial charge in [0.15, 0.2) is 0 Å². The molecule has 4 aliphatic rings. The van der Waals surface area contributed by atoms with Gasteiger partial charge in [0.1, 0.15) is 0 Å². The zero-order chi connectivity index (χ0) is 12.8. The van der Waals surface area contributed by atoms with Crippen LogP contribution in [0, 0.1) is 23.7 Å². The maximum Gasteiger partial charge on any atom is -0.00367 e. The third-order valence-corrected chi connectivity index (χ3v) is 6.02. The summed E-state index contributed by atoms with van der Waals surface area (Å²) in [6.07, 6.45) is 8.63. The van der Waals surface area contributed by atoms with Crippen molar-refractivity contribution in [2.45, 2.75) is 44.4 Å². The molecule has 0 saturated heterocycles. The van der Waals surface area contributed by atoms with Gasteiger partial charge < -0.3 is 5.73 Å². The van der Waals surface area contributed by atoms with E-state index in [9.17, 15) is 0 Å². The van der Waals surface area contributed by atoms with Gasteiger partial charge in [0.05, 0.1) is 0 Å². The molecule has 102 valence electrons. The molecule has 0 spiro atoms. The van der Waals surface area contributed by atoms with Crippen LogP contribution in [0.4, 0.5) is 0 Å². The highest BCUT2D eigenvalue weighted by molar-refractivity contribution is 5.28. The largest absolute Gasteiger partial charge is 0.330 e. The van der Waals surface area contributed by atoms with E-state index in [4.69, 9.17) is 5.73 Å². The fourth-order valence-corrected chi connectivity index (χ4v) is 5.54. The summed E-state index contributed by atoms with van der Waals surface area (Å²) in [5.74, 6) is 5.03. The quantitative estimate of drug-likeness (QED) is 0.875. The van der Waals surface area contributed by atoms with Gasteiger partial charge in [-0.15, -0.1) is 0 Å². The Kier molecular flexibility index (Phi) is 2.91. The molecule has 0 aromatic heterocycles. The van der Waals surface area contributed by atoms with E-state index in [1.807, 2.05) is 0 Å². The molecule has 4 aliphatic carbocycles. The van der Waals surface area contributed by atoms with Crippen molar-refractivity contribution in [3.63, 3.8) is 0 Å². The number of rotatable bonds is 3. The Hall–Kier alpha value is -0.820. The second kappa shape index (κ2) is 4.63. The Morgan fingerprint density at radius 1 is 0.842 bits per heavy atom. The number of nitrogens with two attached hydrogens (primary N) is 1. The fraction of sp³-hybridized carbons (Fsp3) is 0.667. The summed E-state index contributed by atoms with van der Waals surface area (Å²) in [6.45, 7) is 0.761. The Labute approximate surface area is 116 Å². The van der Waals surface area contributed by atoms with E-state index in [2.05, 4.69) is 24.3 Å². The van der Waals surface area contributed by atoms with Crippen molar-refractivity contribution >= 4 is 0 Å². The SMILES string of the molecule is NCCc1ccc(C2C3CC4CC(C3)CC2C4)cc1. The highest BCUT2D eigenvalue weighted by atomic mass is 14.5. The first-order valence-corrected chi connectivity index (χ1v) is 8.12. The summed E-state index contributed by atoms with van der Waals surface area (Å²) in [5, 5.41) is 0. The summed E-state index contributed by atoms with van der Waals surface area (Å²) >= 11 is 0. The molecule has 1 aromatic carbocycles. The second-order valence-electron chi connectivity index (χ2n) is 7.24. The standard InChI is InChI=1S/C18H25N/c19-6-5-12-1-3-15(4-2-12)18-16-8-13-7-14(10-16)11-17(18)9-13/h1-4,13-14,16-18H,5-11,19H2. The molecule has 0 radical (unpaired) electrons. The monoisotopic (exact) mass is 255 g/mol. The van der Waals surface area contributed by atoms with E-state index in [0.29, 0.717) is 0 Å². The predicted octanol–water partition coefficient (Wildman–Crippen LogP) is 3.73. The van der Waals surface area contributed by atoms with E-state index >= 15 is 0 Å². The van der Waals surface area contributed by atoms with Crippen LogP contribution in [0.5, 0.6) is 0 Å². The third kappa shape index (κ3) is 2.03. The molecule has 4 saturated carbocycles. The van der Waals surface area contributed by atoms with Crippen LogP contribution in [-0.4, -0.2) is 6.54 Å². The highest BCUT2D eigenvalue weighted by Gasteiger charge is 2.48. The van der Waals surface area contributed by atoms with Crippen molar-refractivity contribution in [1.82, 2.24) is 0 Å². The normalized spacial score (nSPS) is 39.7. The first-order valence-electron chi connectivity index (χ1n) is 8.12. The molecule has 0 heterocycles. The van der Waals surface area contributed by atoms with Crippen molar-refractivity contribution < 1.29 is 0 Å². The Bertz CT molecular complexity index is 419. The maximum atomic E-state index is 5.64. The van der Waals surface area contributed by atoms with Crippen LogP contribution in [0.2, 0.25) is 0 Å². The van der Waals surface area contributed by atoms with Crippen LogP contribution < -0.4 is 5.73 Å². The topological polar surface area (TPSA) is 26.0 Å². The lowest BCUT2D eigenvalue weighted by atomic mass is 9.51. The van der Waals surface area contributed by atoms with Crippen molar-refractivity contribution in [2.75, 3.05) is 6.54 Å². The molecule has 0 aliphatic heterocycles. The van der Waals surface area contributed by atoms with Crippen LogP contribution in [-0.2, 0) is 6.42 Å². The van der Waals surface area contributed by atoms with Gasteiger partial charge in [-0.3, -0.25) is 0 Å². The van der Waals surface area contributed by atoms with Gasteiger partial charge in [-0.2, -0.15) is 0 Å². The molecule has 2 N–H and O–H groups in total. The average Bonchev–Trinajstić information content (AvgIpc) is 2.40. The van der Waals surface area contributed by atoms with E-state index in [-0.39, 0.29) is 0 Å². The smallest absolute Gasteiger partial charge is 0.00367 e. The van der Waals surface area contributed by atoms with E-state index in [1.54, 1.807) is 12.0 Å². The summed E-state index contributed by atoms with van der Waals surface area (Å²) in [6, 6.07) is 9.43. The molecule has 1 heteroatoms. The second-order valence-corrected chi connectivity index (χ2v) is 7.24. The number of hydrogen-bond donors (Lipinski definition) is 1. The first kappa shape index (κ1) is 12.0. The van der Waals surface area contributed by atoms with Crippen LogP contribution in [0.1, 0.15) is 49.1 Å². The molecule has 0 atom stereocenters. The van der Waals surface area contributed by atoms with Crippen LogP contribution >= 0.6 is 0 Å². The lowest BCUT2D eigenvalue weighted by Crippen LogP contribution is -2.43. The first-order chi connectivity index (χ1) is 9.33. The zero-order valence-electron chi connectivity index (χ0n) is 11.7. The van der Waals surface area contributed by atoms with Gasteiger partial charge in [-0.25, -0.2) is 0 Å². The Morgan fingerprint density at radius 3 is 1.95 bits per heavy atom. The zero-order valence-corrected chi connectivity index (χ0v) is 11.7. The molecule has 5 rings (SSSR count). The molecule has 19 heavy (non-hydrogen) atoms. The summed E-state index contributed by atoms with van der Waals surface area (Å²) in [7, 11) is 0. The van der Waals surface area contributed by atoms with E-state index in [1.165, 1.54) is 31.2 Å². The Morgan fingerprint density at radius 2 is 1.42 bits per heavy atom. The van der Waals surface area contributed by atoms with Gasteiger partial charge in [-0.1, -0.05) is 24.3 Å². The fourth-order valence-electron chi connectivity index (χ4n) is 5.54. The Balaban J connectivity index is 1.58. The average molecular weight is 255 g/mol. The third-order valence-electron chi connectivity index (χ3n) is 6.02. The van der Waals surface area contributed by atoms with Crippen LogP contribution in [0.15, 0.2) is 24.3 Å². The molecule has 1 nitrogen and oxygen atoms in total. The molecule has 4 fully saturated rings. The molecule has 0 unspecified atom stereocenters. The molecule has 0 amide bonds. The molecule has 4 bridgehead atoms. The molecular weight excluding hydrogens is 230 g/mol. The molecule has 1 aromatic rings. The molecular formula is C18H25N. The van der Waals surface area contributed by atoms with Gasteiger partial charge >= 0.3 is 0 Å². The lowest BCUT2D eigenvalue weighted by Gasteiger charge is -2.54. The summed E-state index contributed by atoms with van der Waals surface area (Å²) in [4.78, 5) is 0. The summed E-state index contributed by atoms with van der Waals surface area (Å²) < 4.78 is 0. The van der Waals surface area contributed by atoms with Crippen molar-refractivity contribution in [3.05, 3.63) is 35.4 Å². The maximum absolute atomic E-state index is 5.64. The minimum Gasteiger partial charge on any atom is -0.330 e. The van der Waals surface area contributed by atoms with Crippen LogP contribution in [0.25, 0.3) is 0 Å². The predicted molar refractivity (Wildman–Crippen MR) is 79.0 cm³/mol. The van der Waals surface area contributed by atoms with Gasteiger partial charge in [0.25, 0.3) is 0 Å². The van der Waals surface area contributed by atoms with Gasteiger partial charge in [0.2, 0.25) is 0 Å².